The quantitative estimate of drug-likeness (QED) is 0.719. The Bertz CT molecular complexity index is 342. The first-order valence-electron chi connectivity index (χ1n) is 4.99. The monoisotopic (exact) mass is 224 g/mol. The Balaban J connectivity index is 2.57. The number of pyridine rings is 1. The summed E-state index contributed by atoms with van der Waals surface area (Å²) in [7, 11) is 3.18. The first-order chi connectivity index (χ1) is 7.77. The lowest BCUT2D eigenvalue weighted by Crippen LogP contribution is -2.27. The number of carbonyl (C=O) groups is 1. The number of amides is 1. The van der Waals surface area contributed by atoms with Gasteiger partial charge in [-0.2, -0.15) is 0 Å². The Labute approximate surface area is 94.8 Å². The minimum absolute atomic E-state index is 0.128. The highest BCUT2D eigenvalue weighted by atomic mass is 16.5. The van der Waals surface area contributed by atoms with Crippen LogP contribution in [0.25, 0.3) is 0 Å². The zero-order valence-corrected chi connectivity index (χ0v) is 9.53. The van der Waals surface area contributed by atoms with Crippen molar-refractivity contribution in [3.63, 3.8) is 0 Å². The minimum atomic E-state index is -0.128. The van der Waals surface area contributed by atoms with Crippen LogP contribution in [-0.2, 0) is 16.1 Å². The zero-order valence-electron chi connectivity index (χ0n) is 9.53. The molecule has 1 amide bonds. The van der Waals surface area contributed by atoms with Crippen LogP contribution in [0.2, 0.25) is 0 Å². The molecule has 0 bridgehead atoms. The number of aromatic nitrogens is 1. The van der Waals surface area contributed by atoms with Gasteiger partial charge in [-0.3, -0.25) is 9.78 Å². The van der Waals surface area contributed by atoms with Gasteiger partial charge in [0.05, 0.1) is 18.9 Å². The number of carbonyl (C=O) groups excluding carboxylic acids is 1. The van der Waals surface area contributed by atoms with Crippen LogP contribution >= 0.6 is 0 Å². The summed E-state index contributed by atoms with van der Waals surface area (Å²) in [5.41, 5.74) is 1.32. The van der Waals surface area contributed by atoms with Crippen LogP contribution in [-0.4, -0.2) is 38.3 Å². The molecule has 0 fully saturated rings. The fourth-order valence-electron chi connectivity index (χ4n) is 1.21. The third-order valence-electron chi connectivity index (χ3n) is 1.96. The molecule has 88 valence electrons. The summed E-state index contributed by atoms with van der Waals surface area (Å²) < 4.78 is 9.79. The maximum absolute atomic E-state index is 11.6. The molecule has 0 unspecified atom stereocenters. The highest BCUT2D eigenvalue weighted by Crippen LogP contribution is 2.02. The predicted octanol–water partition coefficient (Wildman–Crippen LogP) is 0.604. The molecule has 5 heteroatoms. The Morgan fingerprint density at radius 1 is 1.44 bits per heavy atom. The van der Waals surface area contributed by atoms with Crippen LogP contribution in [0.1, 0.15) is 16.1 Å². The van der Waals surface area contributed by atoms with Crippen LogP contribution in [0.4, 0.5) is 0 Å². The average molecular weight is 224 g/mol. The summed E-state index contributed by atoms with van der Waals surface area (Å²) in [4.78, 5) is 15.7. The summed E-state index contributed by atoms with van der Waals surface area (Å²) in [5.74, 6) is -0.128. The van der Waals surface area contributed by atoms with Crippen LogP contribution < -0.4 is 5.32 Å². The van der Waals surface area contributed by atoms with Crippen LogP contribution in [0.5, 0.6) is 0 Å². The van der Waals surface area contributed by atoms with E-state index in [1.807, 2.05) is 0 Å². The summed E-state index contributed by atoms with van der Waals surface area (Å²) in [5, 5.41) is 2.74. The molecule has 0 aliphatic rings. The van der Waals surface area contributed by atoms with Crippen molar-refractivity contribution in [2.45, 2.75) is 6.61 Å². The predicted molar refractivity (Wildman–Crippen MR) is 59.2 cm³/mol. The van der Waals surface area contributed by atoms with Gasteiger partial charge in [0.2, 0.25) is 0 Å². The number of methoxy groups -OCH3 is 2. The molecule has 0 spiro atoms. The second-order valence-corrected chi connectivity index (χ2v) is 3.22. The van der Waals surface area contributed by atoms with Gasteiger partial charge in [0.1, 0.15) is 0 Å². The highest BCUT2D eigenvalue weighted by Gasteiger charge is 2.05. The van der Waals surface area contributed by atoms with Gasteiger partial charge in [-0.1, -0.05) is 0 Å². The number of nitrogens with one attached hydrogen (secondary N) is 1. The van der Waals surface area contributed by atoms with Crippen molar-refractivity contribution in [2.24, 2.45) is 0 Å². The summed E-state index contributed by atoms with van der Waals surface area (Å²) >= 11 is 0. The Morgan fingerprint density at radius 3 is 2.94 bits per heavy atom. The Morgan fingerprint density at radius 2 is 2.25 bits per heavy atom. The molecular weight excluding hydrogens is 208 g/mol. The number of rotatable bonds is 6. The van der Waals surface area contributed by atoms with Gasteiger partial charge >= 0.3 is 0 Å². The average Bonchev–Trinajstić information content (AvgIpc) is 2.30. The summed E-state index contributed by atoms with van der Waals surface area (Å²) in [6.45, 7) is 1.40. The third-order valence-corrected chi connectivity index (χ3v) is 1.96. The first-order valence-corrected chi connectivity index (χ1v) is 4.99. The molecule has 0 aromatic carbocycles. The van der Waals surface area contributed by atoms with E-state index in [9.17, 15) is 4.79 Å². The van der Waals surface area contributed by atoms with Crippen molar-refractivity contribution in [3.05, 3.63) is 29.6 Å². The van der Waals surface area contributed by atoms with Gasteiger partial charge in [-0.05, 0) is 12.1 Å². The lowest BCUT2D eigenvalue weighted by Gasteiger charge is -2.05. The molecule has 1 aromatic heterocycles. The Kier molecular flexibility index (Phi) is 5.45. The third kappa shape index (κ3) is 3.96. The van der Waals surface area contributed by atoms with Gasteiger partial charge in [-0.25, -0.2) is 0 Å². The van der Waals surface area contributed by atoms with Crippen molar-refractivity contribution < 1.29 is 14.3 Å². The molecule has 0 atom stereocenters. The maximum Gasteiger partial charge on any atom is 0.251 e. The highest BCUT2D eigenvalue weighted by molar-refractivity contribution is 5.94. The molecule has 0 aliphatic heterocycles. The van der Waals surface area contributed by atoms with Crippen molar-refractivity contribution >= 4 is 5.91 Å². The molecular formula is C11H16N2O3. The van der Waals surface area contributed by atoms with E-state index in [2.05, 4.69) is 10.3 Å². The number of nitrogens with zero attached hydrogens (tertiary/aromatic N) is 1. The Hall–Kier alpha value is -1.46. The van der Waals surface area contributed by atoms with E-state index in [-0.39, 0.29) is 5.91 Å². The van der Waals surface area contributed by atoms with Crippen LogP contribution in [0.3, 0.4) is 0 Å². The topological polar surface area (TPSA) is 60.5 Å². The molecule has 1 aromatic rings. The number of ether oxygens (including phenoxy) is 2. The summed E-state index contributed by atoms with van der Waals surface area (Å²) in [6, 6.07) is 3.38. The smallest absolute Gasteiger partial charge is 0.251 e. The van der Waals surface area contributed by atoms with Crippen molar-refractivity contribution in [1.29, 1.82) is 0 Å². The first kappa shape index (κ1) is 12.6. The van der Waals surface area contributed by atoms with E-state index >= 15 is 0 Å². The largest absolute Gasteiger partial charge is 0.383 e. The van der Waals surface area contributed by atoms with Crippen LogP contribution in [0.15, 0.2) is 18.3 Å². The van der Waals surface area contributed by atoms with E-state index in [0.717, 1.165) is 5.69 Å². The maximum atomic E-state index is 11.6. The molecule has 16 heavy (non-hydrogen) atoms. The van der Waals surface area contributed by atoms with E-state index in [1.165, 1.54) is 0 Å². The van der Waals surface area contributed by atoms with E-state index < -0.39 is 0 Å². The van der Waals surface area contributed by atoms with Crippen LogP contribution in [0, 0.1) is 0 Å². The molecule has 0 saturated carbocycles. The zero-order chi connectivity index (χ0) is 11.8. The molecule has 1 N–H and O–H groups in total. The fraction of sp³-hybridized carbons (Fsp3) is 0.455. The van der Waals surface area contributed by atoms with Gasteiger partial charge in [-0.15, -0.1) is 0 Å². The SMILES string of the molecule is COCCNC(=O)c1ccnc(COC)c1. The van der Waals surface area contributed by atoms with Gasteiger partial charge < -0.3 is 14.8 Å². The van der Waals surface area contributed by atoms with Crippen molar-refractivity contribution in [2.75, 3.05) is 27.4 Å². The fourth-order valence-corrected chi connectivity index (χ4v) is 1.21. The lowest BCUT2D eigenvalue weighted by molar-refractivity contribution is 0.0936. The lowest BCUT2D eigenvalue weighted by atomic mass is 10.2. The normalized spacial score (nSPS) is 10.1. The molecule has 1 rings (SSSR count). The van der Waals surface area contributed by atoms with Gasteiger partial charge in [0.25, 0.3) is 5.91 Å². The molecule has 1 heterocycles. The molecule has 0 aliphatic carbocycles. The van der Waals surface area contributed by atoms with E-state index in [4.69, 9.17) is 9.47 Å². The second kappa shape index (κ2) is 6.92. The molecule has 0 radical (unpaired) electrons. The number of hydrogen-bond acceptors (Lipinski definition) is 4. The van der Waals surface area contributed by atoms with E-state index in [0.29, 0.717) is 25.3 Å². The second-order valence-electron chi connectivity index (χ2n) is 3.22. The standard InChI is InChI=1S/C11H16N2O3/c1-15-6-5-13-11(14)9-3-4-12-10(7-9)8-16-2/h3-4,7H,5-6,8H2,1-2H3,(H,13,14). The van der Waals surface area contributed by atoms with Crippen molar-refractivity contribution in [3.8, 4) is 0 Å². The summed E-state index contributed by atoms with van der Waals surface area (Å²) in [6.07, 6.45) is 1.60. The van der Waals surface area contributed by atoms with E-state index in [1.54, 1.807) is 32.5 Å². The van der Waals surface area contributed by atoms with Crippen molar-refractivity contribution in [1.82, 2.24) is 10.3 Å². The van der Waals surface area contributed by atoms with Gasteiger partial charge in [0, 0.05) is 32.5 Å². The molecule has 5 nitrogen and oxygen atoms in total. The molecule has 0 saturated heterocycles. The number of hydrogen-bond donors (Lipinski definition) is 1. The van der Waals surface area contributed by atoms with Gasteiger partial charge in [0.15, 0.2) is 0 Å². The minimum Gasteiger partial charge on any atom is -0.383 e.